The average molecular weight is 239 g/mol. The van der Waals surface area contributed by atoms with E-state index >= 15 is 0 Å². The number of carboxylic acid groups (broad SMARTS) is 1. The van der Waals surface area contributed by atoms with Crippen LogP contribution in [0.25, 0.3) is 0 Å². The number of nitrogens with one attached hydrogen (secondary N) is 1. The number of carbonyl (C=O) groups is 1. The van der Waals surface area contributed by atoms with E-state index in [1.807, 2.05) is 0 Å². The molecule has 17 heavy (non-hydrogen) atoms. The number of carboxylic acids is 1. The van der Waals surface area contributed by atoms with Gasteiger partial charge in [0, 0.05) is 26.5 Å². The van der Waals surface area contributed by atoms with Crippen LogP contribution < -0.4 is 5.32 Å². The van der Waals surface area contributed by atoms with Gasteiger partial charge < -0.3 is 15.2 Å². The van der Waals surface area contributed by atoms with E-state index in [4.69, 9.17) is 9.84 Å². The molecule has 0 saturated heterocycles. The van der Waals surface area contributed by atoms with Gasteiger partial charge in [0.25, 0.3) is 0 Å². The molecular formula is C11H17N3O3. The average Bonchev–Trinajstić information content (AvgIpc) is 2.34. The first-order chi connectivity index (χ1) is 8.24. The van der Waals surface area contributed by atoms with Crippen molar-refractivity contribution in [3.8, 4) is 0 Å². The molecular weight excluding hydrogens is 222 g/mol. The number of anilines is 1. The molecule has 2 N–H and O–H groups in total. The molecule has 0 spiro atoms. The monoisotopic (exact) mass is 239 g/mol. The van der Waals surface area contributed by atoms with Gasteiger partial charge in [0.15, 0.2) is 5.69 Å². The van der Waals surface area contributed by atoms with Crippen LogP contribution in [0.5, 0.6) is 0 Å². The van der Waals surface area contributed by atoms with Crippen molar-refractivity contribution in [2.24, 2.45) is 0 Å². The fourth-order valence-corrected chi connectivity index (χ4v) is 1.31. The highest BCUT2D eigenvalue weighted by molar-refractivity contribution is 5.85. The minimum atomic E-state index is -1.05. The molecule has 6 heteroatoms. The lowest BCUT2D eigenvalue weighted by Gasteiger charge is -2.04. The highest BCUT2D eigenvalue weighted by Gasteiger charge is 2.05. The molecule has 0 aliphatic carbocycles. The Morgan fingerprint density at radius 1 is 1.47 bits per heavy atom. The Bertz CT molecular complexity index is 358. The molecule has 0 aromatic carbocycles. The molecule has 0 bridgehead atoms. The number of hydrogen-bond donors (Lipinski definition) is 2. The van der Waals surface area contributed by atoms with Crippen LogP contribution in [0.2, 0.25) is 0 Å². The van der Waals surface area contributed by atoms with E-state index in [-0.39, 0.29) is 5.69 Å². The summed E-state index contributed by atoms with van der Waals surface area (Å²) >= 11 is 0. The first-order valence-corrected chi connectivity index (χ1v) is 5.53. The first kappa shape index (κ1) is 13.4. The number of nitrogens with zero attached hydrogens (tertiary/aromatic N) is 2. The largest absolute Gasteiger partial charge is 0.477 e. The van der Waals surface area contributed by atoms with Crippen molar-refractivity contribution in [1.82, 2.24) is 9.97 Å². The number of rotatable bonds is 8. The number of methoxy groups -OCH3 is 1. The van der Waals surface area contributed by atoms with Crippen LogP contribution in [0.15, 0.2) is 12.3 Å². The Labute approximate surface area is 100 Å². The van der Waals surface area contributed by atoms with Gasteiger partial charge in [-0.3, -0.25) is 0 Å². The molecule has 0 amide bonds. The van der Waals surface area contributed by atoms with Gasteiger partial charge >= 0.3 is 5.97 Å². The fraction of sp³-hybridized carbons (Fsp3) is 0.545. The SMILES string of the molecule is COCCCCCNc1nccc(C(=O)O)n1. The standard InChI is InChI=1S/C11H17N3O3/c1-17-8-4-2-3-6-12-11-13-7-5-9(14-11)10(15)16/h5,7H,2-4,6,8H2,1H3,(H,15,16)(H,12,13,14). The molecule has 6 nitrogen and oxygen atoms in total. The third-order valence-electron chi connectivity index (χ3n) is 2.18. The molecule has 0 unspecified atom stereocenters. The van der Waals surface area contributed by atoms with Crippen LogP contribution in [-0.4, -0.2) is 41.3 Å². The molecule has 0 aliphatic rings. The van der Waals surface area contributed by atoms with Crippen LogP contribution in [0.3, 0.4) is 0 Å². The van der Waals surface area contributed by atoms with Gasteiger partial charge in [-0.15, -0.1) is 0 Å². The van der Waals surface area contributed by atoms with Gasteiger partial charge in [-0.2, -0.15) is 0 Å². The lowest BCUT2D eigenvalue weighted by molar-refractivity contribution is 0.0690. The highest BCUT2D eigenvalue weighted by atomic mass is 16.5. The van der Waals surface area contributed by atoms with Crippen LogP contribution in [0.1, 0.15) is 29.8 Å². The number of aromatic carboxylic acids is 1. The summed E-state index contributed by atoms with van der Waals surface area (Å²) in [5.74, 6) is -0.688. The van der Waals surface area contributed by atoms with Crippen molar-refractivity contribution in [2.45, 2.75) is 19.3 Å². The number of aromatic nitrogens is 2. The zero-order valence-corrected chi connectivity index (χ0v) is 9.85. The number of unbranched alkanes of at least 4 members (excludes halogenated alkanes) is 2. The zero-order chi connectivity index (χ0) is 12.5. The predicted molar refractivity (Wildman–Crippen MR) is 63.2 cm³/mol. The van der Waals surface area contributed by atoms with E-state index in [1.54, 1.807) is 7.11 Å². The van der Waals surface area contributed by atoms with E-state index in [9.17, 15) is 4.79 Å². The summed E-state index contributed by atoms with van der Waals surface area (Å²) in [6.07, 6.45) is 4.49. The third-order valence-corrected chi connectivity index (χ3v) is 2.18. The summed E-state index contributed by atoms with van der Waals surface area (Å²) in [5, 5.41) is 11.7. The van der Waals surface area contributed by atoms with E-state index in [0.29, 0.717) is 5.95 Å². The van der Waals surface area contributed by atoms with E-state index < -0.39 is 5.97 Å². The second-order valence-corrected chi connectivity index (χ2v) is 3.55. The van der Waals surface area contributed by atoms with Gasteiger partial charge in [0.2, 0.25) is 5.95 Å². The van der Waals surface area contributed by atoms with Crippen LogP contribution in [0.4, 0.5) is 5.95 Å². The number of hydrogen-bond acceptors (Lipinski definition) is 5. The Hall–Kier alpha value is -1.69. The molecule has 0 saturated carbocycles. The predicted octanol–water partition coefficient (Wildman–Crippen LogP) is 1.40. The normalized spacial score (nSPS) is 10.2. The van der Waals surface area contributed by atoms with Gasteiger partial charge in [0.1, 0.15) is 0 Å². The summed E-state index contributed by atoms with van der Waals surface area (Å²) < 4.78 is 4.94. The zero-order valence-electron chi connectivity index (χ0n) is 9.85. The second-order valence-electron chi connectivity index (χ2n) is 3.55. The molecule has 0 radical (unpaired) electrons. The van der Waals surface area contributed by atoms with E-state index in [1.165, 1.54) is 12.3 Å². The van der Waals surface area contributed by atoms with Crippen molar-refractivity contribution in [2.75, 3.05) is 25.6 Å². The summed E-state index contributed by atoms with van der Waals surface area (Å²) in [5.41, 5.74) is 0.00174. The molecule has 94 valence electrons. The molecule has 1 heterocycles. The molecule has 0 aliphatic heterocycles. The van der Waals surface area contributed by atoms with E-state index in [2.05, 4.69) is 15.3 Å². The van der Waals surface area contributed by atoms with Gasteiger partial charge in [0.05, 0.1) is 0 Å². The molecule has 1 aromatic rings. The molecule has 1 rings (SSSR count). The van der Waals surface area contributed by atoms with Gasteiger partial charge in [-0.1, -0.05) is 0 Å². The Balaban J connectivity index is 2.27. The smallest absolute Gasteiger partial charge is 0.354 e. The lowest BCUT2D eigenvalue weighted by Crippen LogP contribution is -2.09. The van der Waals surface area contributed by atoms with Crippen molar-refractivity contribution >= 4 is 11.9 Å². The van der Waals surface area contributed by atoms with Crippen molar-refractivity contribution in [3.05, 3.63) is 18.0 Å². The van der Waals surface area contributed by atoms with Crippen LogP contribution >= 0.6 is 0 Å². The highest BCUT2D eigenvalue weighted by Crippen LogP contribution is 2.02. The molecule has 0 fully saturated rings. The van der Waals surface area contributed by atoms with Crippen LogP contribution in [0, 0.1) is 0 Å². The summed E-state index contributed by atoms with van der Waals surface area (Å²) in [4.78, 5) is 18.5. The van der Waals surface area contributed by atoms with Crippen molar-refractivity contribution < 1.29 is 14.6 Å². The van der Waals surface area contributed by atoms with Crippen molar-refractivity contribution in [3.63, 3.8) is 0 Å². The van der Waals surface area contributed by atoms with Crippen molar-refractivity contribution in [1.29, 1.82) is 0 Å². The summed E-state index contributed by atoms with van der Waals surface area (Å²) in [7, 11) is 1.68. The van der Waals surface area contributed by atoms with Gasteiger partial charge in [-0.05, 0) is 25.3 Å². The Morgan fingerprint density at radius 3 is 3.00 bits per heavy atom. The fourth-order valence-electron chi connectivity index (χ4n) is 1.31. The maximum Gasteiger partial charge on any atom is 0.354 e. The minimum absolute atomic E-state index is 0.00174. The van der Waals surface area contributed by atoms with E-state index in [0.717, 1.165) is 32.4 Å². The topological polar surface area (TPSA) is 84.3 Å². The first-order valence-electron chi connectivity index (χ1n) is 5.53. The quantitative estimate of drug-likeness (QED) is 0.667. The maximum atomic E-state index is 10.7. The molecule has 0 atom stereocenters. The summed E-state index contributed by atoms with van der Waals surface area (Å²) in [6, 6.07) is 1.37. The maximum absolute atomic E-state index is 10.7. The van der Waals surface area contributed by atoms with Crippen LogP contribution in [-0.2, 0) is 4.74 Å². The minimum Gasteiger partial charge on any atom is -0.477 e. The van der Waals surface area contributed by atoms with Gasteiger partial charge in [-0.25, -0.2) is 14.8 Å². The molecule has 1 aromatic heterocycles. The second kappa shape index (κ2) is 7.56. The summed E-state index contributed by atoms with van der Waals surface area (Å²) in [6.45, 7) is 1.50. The Morgan fingerprint density at radius 2 is 2.29 bits per heavy atom. The lowest BCUT2D eigenvalue weighted by atomic mass is 10.2. The Kier molecular flexibility index (Phi) is 5.95. The third kappa shape index (κ3) is 5.26. The number of ether oxygens (including phenoxy) is 1.